The quantitative estimate of drug-likeness (QED) is 0.786. The van der Waals surface area contributed by atoms with Crippen LogP contribution in [0.2, 0.25) is 0 Å². The van der Waals surface area contributed by atoms with E-state index in [1.807, 2.05) is 6.92 Å². The number of hydrogen-bond donors (Lipinski definition) is 0. The number of aryl methyl sites for hydroxylation is 1. The highest BCUT2D eigenvalue weighted by Crippen LogP contribution is 2.23. The van der Waals surface area contributed by atoms with Gasteiger partial charge in [-0.2, -0.15) is 0 Å². The molecule has 2 heterocycles. The summed E-state index contributed by atoms with van der Waals surface area (Å²) in [4.78, 5) is 15.6. The van der Waals surface area contributed by atoms with E-state index in [4.69, 9.17) is 4.74 Å². The van der Waals surface area contributed by atoms with Gasteiger partial charge in [-0.1, -0.05) is 0 Å². The topological polar surface area (TPSA) is 29.5 Å². The minimum atomic E-state index is -0.0231. The van der Waals surface area contributed by atoms with E-state index in [9.17, 15) is 4.79 Å². The number of likely N-dealkylation sites (tertiary alicyclic amines) is 1. The number of piperidine rings is 1. The molecule has 1 aromatic rings. The summed E-state index contributed by atoms with van der Waals surface area (Å²) in [5.41, 5.74) is 1.36. The third kappa shape index (κ3) is 3.33. The second-order valence-corrected chi connectivity index (χ2v) is 5.85. The molecular formula is C14H21NO2S. The van der Waals surface area contributed by atoms with Crippen LogP contribution >= 0.6 is 11.3 Å². The fourth-order valence-corrected chi connectivity index (χ4v) is 3.37. The van der Waals surface area contributed by atoms with E-state index in [0.717, 1.165) is 32.5 Å². The van der Waals surface area contributed by atoms with Crippen LogP contribution in [0.5, 0.6) is 0 Å². The van der Waals surface area contributed by atoms with Gasteiger partial charge in [0, 0.05) is 18.0 Å². The fourth-order valence-electron chi connectivity index (χ4n) is 2.42. The van der Waals surface area contributed by atoms with Crippen molar-refractivity contribution in [3.8, 4) is 0 Å². The first-order valence-electron chi connectivity index (χ1n) is 6.62. The van der Waals surface area contributed by atoms with Crippen LogP contribution in [0.1, 0.15) is 30.2 Å². The maximum absolute atomic E-state index is 11.8. The van der Waals surface area contributed by atoms with Crippen LogP contribution in [-0.4, -0.2) is 30.6 Å². The minimum absolute atomic E-state index is 0.0231. The predicted octanol–water partition coefficient (Wildman–Crippen LogP) is 2.83. The summed E-state index contributed by atoms with van der Waals surface area (Å²) in [5.74, 6) is 0.0454. The Morgan fingerprint density at radius 3 is 3.11 bits per heavy atom. The van der Waals surface area contributed by atoms with Gasteiger partial charge in [-0.25, -0.2) is 0 Å². The van der Waals surface area contributed by atoms with Gasteiger partial charge >= 0.3 is 5.97 Å². The van der Waals surface area contributed by atoms with Crippen LogP contribution < -0.4 is 0 Å². The zero-order valence-corrected chi connectivity index (χ0v) is 12.0. The van der Waals surface area contributed by atoms with Crippen LogP contribution in [-0.2, 0) is 16.1 Å². The Labute approximate surface area is 113 Å². The molecule has 3 nitrogen and oxygen atoms in total. The number of thiophene rings is 1. The van der Waals surface area contributed by atoms with E-state index in [1.165, 1.54) is 10.4 Å². The van der Waals surface area contributed by atoms with Crippen molar-refractivity contribution in [1.82, 2.24) is 4.90 Å². The molecule has 0 radical (unpaired) electrons. The van der Waals surface area contributed by atoms with Crippen molar-refractivity contribution in [3.05, 3.63) is 21.9 Å². The van der Waals surface area contributed by atoms with Crippen LogP contribution in [0, 0.1) is 12.8 Å². The summed E-state index contributed by atoms with van der Waals surface area (Å²) >= 11 is 1.81. The van der Waals surface area contributed by atoms with Gasteiger partial charge in [0.25, 0.3) is 0 Å². The Balaban J connectivity index is 1.91. The van der Waals surface area contributed by atoms with Crippen molar-refractivity contribution in [3.63, 3.8) is 0 Å². The highest BCUT2D eigenvalue weighted by Gasteiger charge is 2.27. The summed E-state index contributed by atoms with van der Waals surface area (Å²) < 4.78 is 5.13. The number of carbonyl (C=O) groups is 1. The lowest BCUT2D eigenvalue weighted by molar-refractivity contribution is -0.150. The summed E-state index contributed by atoms with van der Waals surface area (Å²) in [6.07, 6.45) is 2.06. The van der Waals surface area contributed by atoms with Gasteiger partial charge < -0.3 is 4.74 Å². The molecule has 0 N–H and O–H groups in total. The first kappa shape index (κ1) is 13.6. The number of carbonyl (C=O) groups excluding carboxylic acids is 1. The molecule has 0 spiro atoms. The molecule has 1 fully saturated rings. The number of esters is 1. The Bertz CT molecular complexity index is 402. The van der Waals surface area contributed by atoms with Gasteiger partial charge in [-0.15, -0.1) is 11.3 Å². The molecule has 0 bridgehead atoms. The lowest BCUT2D eigenvalue weighted by atomic mass is 9.98. The number of ether oxygens (including phenoxy) is 1. The average molecular weight is 267 g/mol. The number of nitrogens with zero attached hydrogens (tertiary/aromatic N) is 1. The predicted molar refractivity (Wildman–Crippen MR) is 73.7 cm³/mol. The summed E-state index contributed by atoms with van der Waals surface area (Å²) in [6.45, 7) is 7.41. The van der Waals surface area contributed by atoms with Crippen LogP contribution in [0.4, 0.5) is 0 Å². The lowest BCUT2D eigenvalue weighted by Gasteiger charge is -2.31. The van der Waals surface area contributed by atoms with Crippen LogP contribution in [0.25, 0.3) is 0 Å². The van der Waals surface area contributed by atoms with Gasteiger partial charge in [-0.3, -0.25) is 9.69 Å². The van der Waals surface area contributed by atoms with Crippen LogP contribution in [0.15, 0.2) is 11.4 Å². The van der Waals surface area contributed by atoms with Crippen molar-refractivity contribution in [2.24, 2.45) is 5.92 Å². The molecule has 0 amide bonds. The van der Waals surface area contributed by atoms with Crippen molar-refractivity contribution in [2.75, 3.05) is 19.7 Å². The normalized spacial score (nSPS) is 20.9. The Hall–Kier alpha value is -0.870. The summed E-state index contributed by atoms with van der Waals surface area (Å²) in [6, 6.07) is 2.16. The number of rotatable bonds is 4. The van der Waals surface area contributed by atoms with Gasteiger partial charge in [0.05, 0.1) is 12.5 Å². The maximum Gasteiger partial charge on any atom is 0.310 e. The largest absolute Gasteiger partial charge is 0.466 e. The third-order valence-electron chi connectivity index (χ3n) is 3.46. The van der Waals surface area contributed by atoms with Crippen molar-refractivity contribution in [1.29, 1.82) is 0 Å². The SMILES string of the molecule is CCOC(=O)[C@@H]1CCCN(Cc2sccc2C)C1. The highest BCUT2D eigenvalue weighted by atomic mass is 32.1. The molecule has 0 saturated carbocycles. The zero-order valence-electron chi connectivity index (χ0n) is 11.1. The molecule has 0 aliphatic carbocycles. The molecule has 1 aliphatic rings. The van der Waals surface area contributed by atoms with Gasteiger partial charge in [0.1, 0.15) is 0 Å². The smallest absolute Gasteiger partial charge is 0.310 e. The molecular weight excluding hydrogens is 246 g/mol. The van der Waals surface area contributed by atoms with E-state index in [0.29, 0.717) is 6.61 Å². The molecule has 1 aromatic heterocycles. The maximum atomic E-state index is 11.8. The second-order valence-electron chi connectivity index (χ2n) is 4.85. The van der Waals surface area contributed by atoms with Gasteiger partial charge in [0.15, 0.2) is 0 Å². The molecule has 1 saturated heterocycles. The second kappa shape index (κ2) is 6.34. The molecule has 0 unspecified atom stereocenters. The summed E-state index contributed by atoms with van der Waals surface area (Å²) in [5, 5.41) is 2.14. The molecule has 0 aromatic carbocycles. The first-order valence-corrected chi connectivity index (χ1v) is 7.50. The molecule has 4 heteroatoms. The lowest BCUT2D eigenvalue weighted by Crippen LogP contribution is -2.38. The van der Waals surface area contributed by atoms with E-state index in [-0.39, 0.29) is 11.9 Å². The Morgan fingerprint density at radius 1 is 1.61 bits per heavy atom. The van der Waals surface area contributed by atoms with Gasteiger partial charge in [-0.05, 0) is 50.2 Å². The fraction of sp³-hybridized carbons (Fsp3) is 0.643. The van der Waals surface area contributed by atoms with Gasteiger partial charge in [0.2, 0.25) is 0 Å². The average Bonchev–Trinajstić information content (AvgIpc) is 2.76. The van der Waals surface area contributed by atoms with Crippen molar-refractivity contribution >= 4 is 17.3 Å². The Morgan fingerprint density at radius 2 is 2.44 bits per heavy atom. The standard InChI is InChI=1S/C14H21NO2S/c1-3-17-14(16)12-5-4-7-15(9-12)10-13-11(2)6-8-18-13/h6,8,12H,3-5,7,9-10H2,1-2H3/t12-/m1/s1. The highest BCUT2D eigenvalue weighted by molar-refractivity contribution is 7.10. The number of hydrogen-bond acceptors (Lipinski definition) is 4. The molecule has 18 heavy (non-hydrogen) atoms. The van der Waals surface area contributed by atoms with E-state index in [1.54, 1.807) is 11.3 Å². The van der Waals surface area contributed by atoms with E-state index in [2.05, 4.69) is 23.3 Å². The molecule has 2 rings (SSSR count). The van der Waals surface area contributed by atoms with E-state index >= 15 is 0 Å². The van der Waals surface area contributed by atoms with Crippen LogP contribution in [0.3, 0.4) is 0 Å². The zero-order chi connectivity index (χ0) is 13.0. The van der Waals surface area contributed by atoms with Crippen molar-refractivity contribution < 1.29 is 9.53 Å². The third-order valence-corrected chi connectivity index (χ3v) is 4.47. The summed E-state index contributed by atoms with van der Waals surface area (Å²) in [7, 11) is 0. The monoisotopic (exact) mass is 267 g/mol. The Kier molecular flexibility index (Phi) is 4.78. The molecule has 1 atom stereocenters. The molecule has 1 aliphatic heterocycles. The minimum Gasteiger partial charge on any atom is -0.466 e. The first-order chi connectivity index (χ1) is 8.70. The van der Waals surface area contributed by atoms with Crippen molar-refractivity contribution in [2.45, 2.75) is 33.2 Å². The molecule has 100 valence electrons. The van der Waals surface area contributed by atoms with E-state index < -0.39 is 0 Å².